The Morgan fingerprint density at radius 2 is 2.14 bits per heavy atom. The monoisotopic (exact) mass is 201 g/mol. The first-order chi connectivity index (χ1) is 6.69. The molecule has 0 bridgehead atoms. The maximum Gasteiger partial charge on any atom is 0.0895 e. The van der Waals surface area contributed by atoms with Crippen LogP contribution in [0.25, 0.3) is 0 Å². The summed E-state index contributed by atoms with van der Waals surface area (Å²) < 4.78 is 0. The highest BCUT2D eigenvalue weighted by Gasteiger charge is 2.31. The van der Waals surface area contributed by atoms with Crippen molar-refractivity contribution in [2.45, 2.75) is 45.3 Å². The fraction of sp³-hybridized carbons (Fsp3) is 1.00. The Bertz CT molecular complexity index is 163. The van der Waals surface area contributed by atoms with E-state index in [4.69, 9.17) is 5.11 Å². The predicted molar refractivity (Wildman–Crippen MR) is 57.1 cm³/mol. The van der Waals surface area contributed by atoms with Crippen LogP contribution in [0.3, 0.4) is 0 Å². The third-order valence-corrected chi connectivity index (χ3v) is 3.58. The molecule has 0 aliphatic heterocycles. The van der Waals surface area contributed by atoms with E-state index >= 15 is 0 Å². The van der Waals surface area contributed by atoms with Gasteiger partial charge in [0.05, 0.1) is 12.7 Å². The van der Waals surface area contributed by atoms with Crippen LogP contribution >= 0.6 is 0 Å². The largest absolute Gasteiger partial charge is 0.394 e. The van der Waals surface area contributed by atoms with Gasteiger partial charge in [0.25, 0.3) is 0 Å². The van der Waals surface area contributed by atoms with Crippen LogP contribution < -0.4 is 5.32 Å². The summed E-state index contributed by atoms with van der Waals surface area (Å²) in [6.07, 6.45) is 3.15. The molecule has 4 atom stereocenters. The summed E-state index contributed by atoms with van der Waals surface area (Å²) in [7, 11) is 0. The molecule has 1 aliphatic carbocycles. The Morgan fingerprint density at radius 3 is 2.64 bits per heavy atom. The molecule has 0 amide bonds. The molecule has 0 radical (unpaired) electrons. The van der Waals surface area contributed by atoms with Crippen molar-refractivity contribution in [3.05, 3.63) is 0 Å². The second kappa shape index (κ2) is 5.69. The van der Waals surface area contributed by atoms with E-state index in [1.807, 2.05) is 0 Å². The average molecular weight is 201 g/mol. The molecule has 3 nitrogen and oxygen atoms in total. The summed E-state index contributed by atoms with van der Waals surface area (Å²) in [6.45, 7) is 4.89. The van der Waals surface area contributed by atoms with Gasteiger partial charge < -0.3 is 15.5 Å². The number of nitrogens with one attached hydrogen (secondary N) is 1. The lowest BCUT2D eigenvalue weighted by molar-refractivity contribution is 0.0902. The highest BCUT2D eigenvalue weighted by atomic mass is 16.3. The van der Waals surface area contributed by atoms with Gasteiger partial charge in [-0.2, -0.15) is 0 Å². The highest BCUT2D eigenvalue weighted by Crippen LogP contribution is 2.33. The Hall–Kier alpha value is -0.120. The predicted octanol–water partition coefficient (Wildman–Crippen LogP) is 0.754. The van der Waals surface area contributed by atoms with E-state index in [-0.39, 0.29) is 6.61 Å². The Labute approximate surface area is 86.5 Å². The van der Waals surface area contributed by atoms with Crippen molar-refractivity contribution in [1.82, 2.24) is 5.32 Å². The fourth-order valence-corrected chi connectivity index (χ4v) is 2.46. The quantitative estimate of drug-likeness (QED) is 0.615. The van der Waals surface area contributed by atoms with Crippen LogP contribution in [0.5, 0.6) is 0 Å². The molecule has 1 saturated carbocycles. The number of hydrogen-bond acceptors (Lipinski definition) is 3. The molecule has 0 aromatic heterocycles. The molecule has 0 aromatic rings. The maximum absolute atomic E-state index is 9.22. The molecule has 0 saturated heterocycles. The summed E-state index contributed by atoms with van der Waals surface area (Å²) in [4.78, 5) is 0. The highest BCUT2D eigenvalue weighted by molar-refractivity contribution is 4.86. The van der Waals surface area contributed by atoms with E-state index in [0.717, 1.165) is 5.92 Å². The summed E-state index contributed by atoms with van der Waals surface area (Å²) >= 11 is 0. The van der Waals surface area contributed by atoms with Crippen molar-refractivity contribution in [1.29, 1.82) is 0 Å². The van der Waals surface area contributed by atoms with E-state index in [0.29, 0.717) is 18.5 Å². The zero-order chi connectivity index (χ0) is 10.6. The van der Waals surface area contributed by atoms with Crippen LogP contribution in [-0.2, 0) is 0 Å². The van der Waals surface area contributed by atoms with Crippen molar-refractivity contribution in [2.75, 3.05) is 13.2 Å². The van der Waals surface area contributed by atoms with Crippen molar-refractivity contribution in [3.8, 4) is 0 Å². The standard InChI is InChI=1S/C11H23NO2/c1-3-9-4-5-11(8(9)2)12-6-10(14)7-13/h8-14H,3-7H2,1-2H3/t8?,9?,10-,11?/m0/s1. The molecule has 14 heavy (non-hydrogen) atoms. The van der Waals surface area contributed by atoms with Gasteiger partial charge in [-0.1, -0.05) is 20.3 Å². The first kappa shape index (κ1) is 12.0. The van der Waals surface area contributed by atoms with Gasteiger partial charge in [-0.25, -0.2) is 0 Å². The van der Waals surface area contributed by atoms with Gasteiger partial charge in [-0.15, -0.1) is 0 Å². The topological polar surface area (TPSA) is 52.5 Å². The molecule has 0 heterocycles. The lowest BCUT2D eigenvalue weighted by Crippen LogP contribution is -2.39. The molecule has 84 valence electrons. The summed E-state index contributed by atoms with van der Waals surface area (Å²) in [5.74, 6) is 1.53. The molecule has 3 N–H and O–H groups in total. The number of hydrogen-bond donors (Lipinski definition) is 3. The molecule has 3 unspecified atom stereocenters. The lowest BCUT2D eigenvalue weighted by Gasteiger charge is -2.22. The van der Waals surface area contributed by atoms with Crippen molar-refractivity contribution in [2.24, 2.45) is 11.8 Å². The summed E-state index contributed by atoms with van der Waals surface area (Å²) in [5.41, 5.74) is 0. The van der Waals surface area contributed by atoms with Crippen LogP contribution in [0.15, 0.2) is 0 Å². The van der Waals surface area contributed by atoms with E-state index in [9.17, 15) is 5.11 Å². The molecule has 1 rings (SSSR count). The number of aliphatic hydroxyl groups excluding tert-OH is 2. The SMILES string of the molecule is CCC1CCC(NC[C@H](O)CO)C1C. The Balaban J connectivity index is 2.26. The first-order valence-electron chi connectivity index (χ1n) is 5.71. The minimum absolute atomic E-state index is 0.148. The zero-order valence-corrected chi connectivity index (χ0v) is 9.24. The molecular weight excluding hydrogens is 178 g/mol. The van der Waals surface area contributed by atoms with Crippen molar-refractivity contribution in [3.63, 3.8) is 0 Å². The minimum atomic E-state index is -0.608. The van der Waals surface area contributed by atoms with Gasteiger partial charge in [0, 0.05) is 12.6 Å². The summed E-state index contributed by atoms with van der Waals surface area (Å²) in [5, 5.41) is 21.2. The van der Waals surface area contributed by atoms with Crippen LogP contribution in [-0.4, -0.2) is 35.5 Å². The number of rotatable bonds is 5. The minimum Gasteiger partial charge on any atom is -0.394 e. The van der Waals surface area contributed by atoms with Gasteiger partial charge >= 0.3 is 0 Å². The zero-order valence-electron chi connectivity index (χ0n) is 9.24. The summed E-state index contributed by atoms with van der Waals surface area (Å²) in [6, 6.07) is 0.529. The molecule has 1 aliphatic rings. The third-order valence-electron chi connectivity index (χ3n) is 3.58. The van der Waals surface area contributed by atoms with E-state index < -0.39 is 6.10 Å². The molecule has 0 spiro atoms. The van der Waals surface area contributed by atoms with Gasteiger partial charge in [0.15, 0.2) is 0 Å². The third kappa shape index (κ3) is 2.94. The van der Waals surface area contributed by atoms with Crippen LogP contribution in [0.1, 0.15) is 33.1 Å². The maximum atomic E-state index is 9.22. The van der Waals surface area contributed by atoms with E-state index in [1.165, 1.54) is 19.3 Å². The first-order valence-corrected chi connectivity index (χ1v) is 5.71. The Morgan fingerprint density at radius 1 is 1.43 bits per heavy atom. The molecule has 1 fully saturated rings. The molecule has 0 aromatic carbocycles. The van der Waals surface area contributed by atoms with Gasteiger partial charge in [0.2, 0.25) is 0 Å². The van der Waals surface area contributed by atoms with Crippen molar-refractivity contribution >= 4 is 0 Å². The van der Waals surface area contributed by atoms with Crippen LogP contribution in [0.2, 0.25) is 0 Å². The second-order valence-corrected chi connectivity index (χ2v) is 4.46. The molecule has 3 heteroatoms. The van der Waals surface area contributed by atoms with Crippen LogP contribution in [0.4, 0.5) is 0 Å². The van der Waals surface area contributed by atoms with Gasteiger partial charge in [0.1, 0.15) is 0 Å². The van der Waals surface area contributed by atoms with E-state index in [1.54, 1.807) is 0 Å². The van der Waals surface area contributed by atoms with Gasteiger partial charge in [-0.3, -0.25) is 0 Å². The van der Waals surface area contributed by atoms with Gasteiger partial charge in [-0.05, 0) is 24.7 Å². The fourth-order valence-electron chi connectivity index (χ4n) is 2.46. The van der Waals surface area contributed by atoms with E-state index in [2.05, 4.69) is 19.2 Å². The van der Waals surface area contributed by atoms with Crippen molar-refractivity contribution < 1.29 is 10.2 Å². The number of aliphatic hydroxyl groups is 2. The second-order valence-electron chi connectivity index (χ2n) is 4.46. The Kier molecular flexibility index (Phi) is 4.85. The lowest BCUT2D eigenvalue weighted by atomic mass is 9.93. The molecular formula is C11H23NO2. The average Bonchev–Trinajstić information content (AvgIpc) is 2.56. The normalized spacial score (nSPS) is 34.7. The van der Waals surface area contributed by atoms with Crippen LogP contribution in [0, 0.1) is 11.8 Å². The smallest absolute Gasteiger partial charge is 0.0895 e.